The van der Waals surface area contributed by atoms with E-state index in [2.05, 4.69) is 26.1 Å². The molecule has 0 aliphatic heterocycles. The van der Waals surface area contributed by atoms with Crippen LogP contribution in [0.2, 0.25) is 0 Å². The van der Waals surface area contributed by atoms with Gasteiger partial charge in [-0.15, -0.1) is 0 Å². The number of hydrogen-bond donors (Lipinski definition) is 1. The highest BCUT2D eigenvalue weighted by molar-refractivity contribution is 9.10. The van der Waals surface area contributed by atoms with E-state index < -0.39 is 0 Å². The van der Waals surface area contributed by atoms with Gasteiger partial charge in [-0.3, -0.25) is 10.1 Å². The first-order valence-corrected chi connectivity index (χ1v) is 6.12. The Morgan fingerprint density at radius 3 is 2.76 bits per heavy atom. The Kier molecular flexibility index (Phi) is 5.37. The summed E-state index contributed by atoms with van der Waals surface area (Å²) < 4.78 is 0.711. The molecule has 1 aromatic carbocycles. The minimum Gasteiger partial charge on any atom is -0.379 e. The fourth-order valence-electron chi connectivity index (χ4n) is 1.42. The fraction of sp³-hybridized carbons (Fsp3) is 0.455. The number of halogens is 1. The highest BCUT2D eigenvalue weighted by atomic mass is 79.9. The second-order valence-electron chi connectivity index (χ2n) is 4.00. The van der Waals surface area contributed by atoms with Gasteiger partial charge in [0.25, 0.3) is 5.69 Å². The van der Waals surface area contributed by atoms with E-state index in [4.69, 9.17) is 0 Å². The number of benzene rings is 1. The predicted molar refractivity (Wildman–Crippen MR) is 72.5 cm³/mol. The number of nitro groups is 1. The van der Waals surface area contributed by atoms with E-state index in [1.54, 1.807) is 12.1 Å². The lowest BCUT2D eigenvalue weighted by Gasteiger charge is -2.10. The molecule has 0 spiro atoms. The van der Waals surface area contributed by atoms with E-state index in [0.29, 0.717) is 10.2 Å². The van der Waals surface area contributed by atoms with Crippen LogP contribution in [0.5, 0.6) is 0 Å². The quantitative estimate of drug-likeness (QED) is 0.499. The van der Waals surface area contributed by atoms with Crippen LogP contribution in [-0.2, 0) is 0 Å². The van der Waals surface area contributed by atoms with Crippen molar-refractivity contribution in [1.82, 2.24) is 4.90 Å². The van der Waals surface area contributed by atoms with Crippen LogP contribution in [0.15, 0.2) is 22.7 Å². The van der Waals surface area contributed by atoms with Crippen LogP contribution < -0.4 is 5.32 Å². The molecule has 17 heavy (non-hydrogen) atoms. The second-order valence-corrected chi connectivity index (χ2v) is 4.92. The first kappa shape index (κ1) is 13.9. The van der Waals surface area contributed by atoms with E-state index >= 15 is 0 Å². The molecule has 94 valence electrons. The lowest BCUT2D eigenvalue weighted by Crippen LogP contribution is -2.16. The zero-order chi connectivity index (χ0) is 12.8. The number of nitrogens with zero attached hydrogens (tertiary/aromatic N) is 2. The third-order valence-corrected chi connectivity index (χ3v) is 2.75. The molecule has 0 aromatic heterocycles. The second kappa shape index (κ2) is 6.56. The summed E-state index contributed by atoms with van der Waals surface area (Å²) in [6.07, 6.45) is 0.945. The Balaban J connectivity index is 2.61. The molecule has 0 saturated carbocycles. The summed E-state index contributed by atoms with van der Waals surface area (Å²) in [5.74, 6) is 0. The average Bonchev–Trinajstić information content (AvgIpc) is 2.25. The molecule has 1 rings (SSSR count). The van der Waals surface area contributed by atoms with Crippen LogP contribution in [0.3, 0.4) is 0 Å². The van der Waals surface area contributed by atoms with Gasteiger partial charge in [0.15, 0.2) is 0 Å². The highest BCUT2D eigenvalue weighted by Crippen LogP contribution is 2.27. The van der Waals surface area contributed by atoms with Gasteiger partial charge >= 0.3 is 0 Å². The van der Waals surface area contributed by atoms with Crippen molar-refractivity contribution in [2.45, 2.75) is 6.42 Å². The Morgan fingerprint density at radius 1 is 1.47 bits per heavy atom. The number of nitrogens with one attached hydrogen (secondary N) is 1. The molecule has 0 amide bonds. The molecule has 0 aliphatic carbocycles. The van der Waals surface area contributed by atoms with Crippen LogP contribution in [-0.4, -0.2) is 37.0 Å². The molecule has 0 bridgehead atoms. The molecule has 5 nitrogen and oxygen atoms in total. The summed E-state index contributed by atoms with van der Waals surface area (Å²) in [7, 11) is 4.00. The Labute approximate surface area is 109 Å². The summed E-state index contributed by atoms with van der Waals surface area (Å²) >= 11 is 3.23. The maximum absolute atomic E-state index is 10.9. The third-order valence-electron chi connectivity index (χ3n) is 2.25. The van der Waals surface area contributed by atoms with Crippen LogP contribution in [0.4, 0.5) is 11.4 Å². The van der Waals surface area contributed by atoms with Gasteiger partial charge < -0.3 is 10.2 Å². The van der Waals surface area contributed by atoms with Gasteiger partial charge in [0.1, 0.15) is 5.69 Å². The van der Waals surface area contributed by atoms with Crippen molar-refractivity contribution in [3.05, 3.63) is 32.8 Å². The van der Waals surface area contributed by atoms with Crippen LogP contribution in [0.25, 0.3) is 0 Å². The van der Waals surface area contributed by atoms with Crippen molar-refractivity contribution in [2.75, 3.05) is 32.5 Å². The fourth-order valence-corrected chi connectivity index (χ4v) is 1.77. The number of anilines is 1. The molecule has 1 N–H and O–H groups in total. The first-order valence-electron chi connectivity index (χ1n) is 5.33. The minimum atomic E-state index is -0.376. The van der Waals surface area contributed by atoms with Crippen molar-refractivity contribution in [3.8, 4) is 0 Å². The Bertz CT molecular complexity index is 396. The summed E-state index contributed by atoms with van der Waals surface area (Å²) in [4.78, 5) is 12.6. The summed E-state index contributed by atoms with van der Waals surface area (Å²) in [6.45, 7) is 1.68. The maximum Gasteiger partial charge on any atom is 0.293 e. The summed E-state index contributed by atoms with van der Waals surface area (Å²) in [5, 5.41) is 13.9. The van der Waals surface area contributed by atoms with Gasteiger partial charge in [0.2, 0.25) is 0 Å². The van der Waals surface area contributed by atoms with E-state index in [1.165, 1.54) is 6.07 Å². The van der Waals surface area contributed by atoms with Gasteiger partial charge in [-0.25, -0.2) is 0 Å². The predicted octanol–water partition coefficient (Wildman–Crippen LogP) is 2.72. The van der Waals surface area contributed by atoms with Crippen LogP contribution >= 0.6 is 15.9 Å². The molecular weight excluding hydrogens is 286 g/mol. The Hall–Kier alpha value is -1.14. The van der Waals surface area contributed by atoms with Crippen molar-refractivity contribution >= 4 is 27.3 Å². The van der Waals surface area contributed by atoms with Crippen molar-refractivity contribution in [2.24, 2.45) is 0 Å². The first-order chi connectivity index (χ1) is 8.00. The molecule has 0 aliphatic rings. The SMILES string of the molecule is CN(C)CCCNc1ccc(Br)cc1[N+](=O)[O-]. The van der Waals surface area contributed by atoms with Gasteiger partial charge in [0.05, 0.1) is 4.92 Å². The third kappa shape index (κ3) is 4.70. The number of rotatable bonds is 6. The van der Waals surface area contributed by atoms with Crippen molar-refractivity contribution in [3.63, 3.8) is 0 Å². The molecule has 0 fully saturated rings. The van der Waals surface area contributed by atoms with Gasteiger partial charge in [-0.05, 0) is 39.2 Å². The smallest absolute Gasteiger partial charge is 0.293 e. The van der Waals surface area contributed by atoms with Crippen molar-refractivity contribution in [1.29, 1.82) is 0 Å². The minimum absolute atomic E-state index is 0.101. The van der Waals surface area contributed by atoms with Crippen molar-refractivity contribution < 1.29 is 4.92 Å². The van der Waals surface area contributed by atoms with E-state index in [1.807, 2.05) is 14.1 Å². The molecule has 1 aromatic rings. The monoisotopic (exact) mass is 301 g/mol. The Morgan fingerprint density at radius 2 is 2.18 bits per heavy atom. The van der Waals surface area contributed by atoms with E-state index in [9.17, 15) is 10.1 Å². The van der Waals surface area contributed by atoms with Crippen LogP contribution in [0, 0.1) is 10.1 Å². The standard InChI is InChI=1S/C11H16BrN3O2/c1-14(2)7-3-6-13-10-5-4-9(12)8-11(10)15(16)17/h4-5,8,13H,3,6-7H2,1-2H3. The maximum atomic E-state index is 10.9. The van der Waals surface area contributed by atoms with E-state index in [-0.39, 0.29) is 10.6 Å². The lowest BCUT2D eigenvalue weighted by atomic mass is 10.2. The number of hydrogen-bond acceptors (Lipinski definition) is 4. The molecule has 0 unspecified atom stereocenters. The molecule has 0 radical (unpaired) electrons. The molecule has 6 heteroatoms. The summed E-state index contributed by atoms with van der Waals surface area (Å²) in [5.41, 5.74) is 0.668. The van der Waals surface area contributed by atoms with E-state index in [0.717, 1.165) is 19.5 Å². The largest absolute Gasteiger partial charge is 0.379 e. The summed E-state index contributed by atoms with van der Waals surface area (Å²) in [6, 6.07) is 5.02. The van der Waals surface area contributed by atoms with Gasteiger partial charge in [-0.1, -0.05) is 15.9 Å². The zero-order valence-electron chi connectivity index (χ0n) is 9.94. The van der Waals surface area contributed by atoms with Gasteiger partial charge in [0, 0.05) is 17.1 Å². The normalized spacial score (nSPS) is 10.6. The molecule has 0 atom stereocenters. The lowest BCUT2D eigenvalue weighted by molar-refractivity contribution is -0.384. The topological polar surface area (TPSA) is 58.4 Å². The molecule has 0 saturated heterocycles. The highest BCUT2D eigenvalue weighted by Gasteiger charge is 2.13. The molecule has 0 heterocycles. The average molecular weight is 302 g/mol. The number of nitro benzene ring substituents is 1. The van der Waals surface area contributed by atoms with Gasteiger partial charge in [-0.2, -0.15) is 0 Å². The van der Waals surface area contributed by atoms with Crippen LogP contribution in [0.1, 0.15) is 6.42 Å². The zero-order valence-corrected chi connectivity index (χ0v) is 11.5. The molecular formula is C11H16BrN3O2.